The van der Waals surface area contributed by atoms with Crippen molar-refractivity contribution in [1.29, 1.82) is 0 Å². The highest BCUT2D eigenvalue weighted by Gasteiger charge is 2.01. The molecule has 0 aromatic carbocycles. The maximum atomic E-state index is 5.40. The number of hydrogen-bond acceptors (Lipinski definition) is 5. The zero-order valence-corrected chi connectivity index (χ0v) is 9.41. The van der Waals surface area contributed by atoms with Gasteiger partial charge in [-0.05, 0) is 13.8 Å². The van der Waals surface area contributed by atoms with Crippen molar-refractivity contribution in [2.24, 2.45) is 0 Å². The minimum atomic E-state index is 0.499. The average molecular weight is 211 g/mol. The molecule has 0 aliphatic heterocycles. The van der Waals surface area contributed by atoms with Crippen molar-refractivity contribution in [3.8, 4) is 5.88 Å². The highest BCUT2D eigenvalue weighted by atomic mass is 16.5. The lowest BCUT2D eigenvalue weighted by Crippen LogP contribution is -2.08. The summed E-state index contributed by atoms with van der Waals surface area (Å²) in [6.45, 7) is 5.74. The van der Waals surface area contributed by atoms with Crippen LogP contribution in [0.15, 0.2) is 6.07 Å². The first kappa shape index (κ1) is 11.7. The molecule has 1 rings (SSSR count). The molecule has 0 saturated heterocycles. The second kappa shape index (κ2) is 6.19. The summed E-state index contributed by atoms with van der Waals surface area (Å²) in [7, 11) is 1.64. The molecule has 0 aliphatic carbocycles. The van der Waals surface area contributed by atoms with Gasteiger partial charge in [0.05, 0.1) is 6.61 Å². The van der Waals surface area contributed by atoms with Gasteiger partial charge in [0.1, 0.15) is 18.2 Å². The van der Waals surface area contributed by atoms with Gasteiger partial charge in [0.2, 0.25) is 5.88 Å². The van der Waals surface area contributed by atoms with E-state index in [9.17, 15) is 0 Å². The quantitative estimate of drug-likeness (QED) is 0.717. The molecule has 1 heterocycles. The lowest BCUT2D eigenvalue weighted by atomic mass is 10.5. The van der Waals surface area contributed by atoms with Gasteiger partial charge in [-0.25, -0.2) is 4.98 Å². The highest BCUT2D eigenvalue weighted by molar-refractivity contribution is 5.38. The summed E-state index contributed by atoms with van der Waals surface area (Å²) >= 11 is 0. The maximum absolute atomic E-state index is 5.40. The van der Waals surface area contributed by atoms with Crippen LogP contribution in [0, 0.1) is 6.92 Å². The topological polar surface area (TPSA) is 56.3 Å². The van der Waals surface area contributed by atoms with Crippen LogP contribution in [0.2, 0.25) is 0 Å². The Kier molecular flexibility index (Phi) is 4.83. The lowest BCUT2D eigenvalue weighted by Gasteiger charge is -2.08. The molecular formula is C10H17N3O2. The average Bonchev–Trinajstić information content (AvgIpc) is 2.18. The molecule has 1 aromatic heterocycles. The third kappa shape index (κ3) is 4.12. The first-order chi connectivity index (χ1) is 7.26. The molecule has 5 nitrogen and oxygen atoms in total. The van der Waals surface area contributed by atoms with E-state index >= 15 is 0 Å². The van der Waals surface area contributed by atoms with Gasteiger partial charge in [0, 0.05) is 19.7 Å². The fourth-order valence-corrected chi connectivity index (χ4v) is 1.12. The normalized spacial score (nSPS) is 10.1. The Bertz CT molecular complexity index is 305. The number of anilines is 1. The van der Waals surface area contributed by atoms with Gasteiger partial charge in [0.15, 0.2) is 0 Å². The molecule has 0 fully saturated rings. The summed E-state index contributed by atoms with van der Waals surface area (Å²) in [5.74, 6) is 2.06. The van der Waals surface area contributed by atoms with E-state index in [0.717, 1.165) is 12.4 Å². The van der Waals surface area contributed by atoms with Crippen LogP contribution in [0.3, 0.4) is 0 Å². The standard InChI is InChI=1S/C10H17N3O2/c1-4-11-9-7-10(13-8(2)12-9)15-6-5-14-3/h7H,4-6H2,1-3H3,(H,11,12,13). The van der Waals surface area contributed by atoms with E-state index < -0.39 is 0 Å². The smallest absolute Gasteiger partial charge is 0.218 e. The Hall–Kier alpha value is -1.36. The van der Waals surface area contributed by atoms with Crippen LogP contribution in [-0.2, 0) is 4.74 Å². The van der Waals surface area contributed by atoms with Crippen LogP contribution in [0.25, 0.3) is 0 Å². The maximum Gasteiger partial charge on any atom is 0.218 e. The highest BCUT2D eigenvalue weighted by Crippen LogP contribution is 2.12. The second-order valence-electron chi connectivity index (χ2n) is 3.01. The van der Waals surface area contributed by atoms with Gasteiger partial charge in [0.25, 0.3) is 0 Å². The molecule has 1 aromatic rings. The molecule has 0 amide bonds. The van der Waals surface area contributed by atoms with E-state index in [1.807, 2.05) is 13.8 Å². The fourth-order valence-electron chi connectivity index (χ4n) is 1.12. The number of aryl methyl sites for hydroxylation is 1. The molecule has 15 heavy (non-hydrogen) atoms. The second-order valence-corrected chi connectivity index (χ2v) is 3.01. The zero-order chi connectivity index (χ0) is 11.1. The first-order valence-corrected chi connectivity index (χ1v) is 4.97. The number of aromatic nitrogens is 2. The molecule has 0 aliphatic rings. The van der Waals surface area contributed by atoms with Crippen molar-refractivity contribution in [3.05, 3.63) is 11.9 Å². The Labute approximate surface area is 89.8 Å². The van der Waals surface area contributed by atoms with E-state index in [1.54, 1.807) is 13.2 Å². The summed E-state index contributed by atoms with van der Waals surface area (Å²) in [5.41, 5.74) is 0. The number of nitrogens with one attached hydrogen (secondary N) is 1. The minimum Gasteiger partial charge on any atom is -0.475 e. The summed E-state index contributed by atoms with van der Waals surface area (Å²) in [5, 5.41) is 3.12. The number of hydrogen-bond donors (Lipinski definition) is 1. The number of methoxy groups -OCH3 is 1. The molecule has 1 N–H and O–H groups in total. The summed E-state index contributed by atoms with van der Waals surface area (Å²) in [6.07, 6.45) is 0. The van der Waals surface area contributed by atoms with Gasteiger partial charge in [-0.3, -0.25) is 0 Å². The van der Waals surface area contributed by atoms with Crippen LogP contribution in [0.4, 0.5) is 5.82 Å². The van der Waals surface area contributed by atoms with Crippen molar-refractivity contribution >= 4 is 5.82 Å². The molecule has 0 atom stereocenters. The third-order valence-electron chi connectivity index (χ3n) is 1.71. The van der Waals surface area contributed by atoms with E-state index in [0.29, 0.717) is 24.9 Å². The molecule has 0 saturated carbocycles. The fraction of sp³-hybridized carbons (Fsp3) is 0.600. The van der Waals surface area contributed by atoms with Crippen LogP contribution in [0.1, 0.15) is 12.7 Å². The Balaban J connectivity index is 2.62. The molecule has 5 heteroatoms. The van der Waals surface area contributed by atoms with Crippen LogP contribution < -0.4 is 10.1 Å². The number of ether oxygens (including phenoxy) is 2. The number of nitrogens with zero attached hydrogens (tertiary/aromatic N) is 2. The van der Waals surface area contributed by atoms with Gasteiger partial charge in [-0.2, -0.15) is 4.98 Å². The van der Waals surface area contributed by atoms with Crippen molar-refractivity contribution in [2.45, 2.75) is 13.8 Å². The Morgan fingerprint density at radius 3 is 2.80 bits per heavy atom. The van der Waals surface area contributed by atoms with Crippen LogP contribution in [0.5, 0.6) is 5.88 Å². The van der Waals surface area contributed by atoms with Crippen molar-refractivity contribution in [2.75, 3.05) is 32.2 Å². The summed E-state index contributed by atoms with van der Waals surface area (Å²) in [4.78, 5) is 8.38. The molecular weight excluding hydrogens is 194 g/mol. The molecule has 0 unspecified atom stereocenters. The Morgan fingerprint density at radius 2 is 2.13 bits per heavy atom. The molecule has 84 valence electrons. The van der Waals surface area contributed by atoms with E-state index in [2.05, 4.69) is 15.3 Å². The van der Waals surface area contributed by atoms with Crippen molar-refractivity contribution in [3.63, 3.8) is 0 Å². The SMILES string of the molecule is CCNc1cc(OCCOC)nc(C)n1. The predicted octanol–water partition coefficient (Wildman–Crippen LogP) is 1.24. The molecule has 0 bridgehead atoms. The zero-order valence-electron chi connectivity index (χ0n) is 9.41. The number of rotatable bonds is 6. The van der Waals surface area contributed by atoms with Gasteiger partial charge in [-0.15, -0.1) is 0 Å². The van der Waals surface area contributed by atoms with Crippen LogP contribution >= 0.6 is 0 Å². The largest absolute Gasteiger partial charge is 0.475 e. The third-order valence-corrected chi connectivity index (χ3v) is 1.71. The van der Waals surface area contributed by atoms with Crippen molar-refractivity contribution in [1.82, 2.24) is 9.97 Å². The predicted molar refractivity (Wildman–Crippen MR) is 58.3 cm³/mol. The van der Waals surface area contributed by atoms with Gasteiger partial charge in [-0.1, -0.05) is 0 Å². The first-order valence-electron chi connectivity index (χ1n) is 4.97. The minimum absolute atomic E-state index is 0.499. The van der Waals surface area contributed by atoms with E-state index in [1.165, 1.54) is 0 Å². The molecule has 0 radical (unpaired) electrons. The summed E-state index contributed by atoms with van der Waals surface area (Å²) in [6, 6.07) is 1.78. The van der Waals surface area contributed by atoms with Crippen molar-refractivity contribution < 1.29 is 9.47 Å². The summed E-state index contributed by atoms with van der Waals surface area (Å²) < 4.78 is 10.3. The van der Waals surface area contributed by atoms with Gasteiger partial charge >= 0.3 is 0 Å². The van der Waals surface area contributed by atoms with Gasteiger partial charge < -0.3 is 14.8 Å². The molecule has 0 spiro atoms. The monoisotopic (exact) mass is 211 g/mol. The van der Waals surface area contributed by atoms with Crippen LogP contribution in [-0.4, -0.2) is 36.8 Å². The Morgan fingerprint density at radius 1 is 1.33 bits per heavy atom. The van der Waals surface area contributed by atoms with E-state index in [-0.39, 0.29) is 0 Å². The van der Waals surface area contributed by atoms with E-state index in [4.69, 9.17) is 9.47 Å². The lowest BCUT2D eigenvalue weighted by molar-refractivity contribution is 0.143.